The number of carbonyl (C=O) groups excluding carboxylic acids is 4. The lowest BCUT2D eigenvalue weighted by Crippen LogP contribution is -2.56. The van der Waals surface area contributed by atoms with Crippen molar-refractivity contribution in [3.05, 3.63) is 41.5 Å². The van der Waals surface area contributed by atoms with Gasteiger partial charge in [0, 0.05) is 5.57 Å². The predicted octanol–water partition coefficient (Wildman–Crippen LogP) is 1.37. The molecule has 3 amide bonds. The highest BCUT2D eigenvalue weighted by atomic mass is 16.5. The molecule has 0 radical (unpaired) electrons. The third-order valence-corrected chi connectivity index (χ3v) is 6.17. The standard InChI is InChI=1S/C29H45N5O8/c1-4-41-28(39)23(16-19(2)3)32-26(36)25(34-29(40)33-22(27(37)38)12-8-9-15-30)21(17-35)13-14-24(31)42-18-20-10-6-5-7-11-20/h5-7,10-11,19,22-25H,4,8-9,12-16,18,30-31H2,1-3H3,(H,32,36)(H,37,38)(H2,33,34,40). The van der Waals surface area contributed by atoms with Crippen molar-refractivity contribution in [2.24, 2.45) is 17.4 Å². The number of carboxylic acids is 1. The smallest absolute Gasteiger partial charge is 0.328 e. The maximum atomic E-state index is 13.4. The highest BCUT2D eigenvalue weighted by Gasteiger charge is 2.32. The summed E-state index contributed by atoms with van der Waals surface area (Å²) in [5, 5.41) is 16.8. The zero-order valence-corrected chi connectivity index (χ0v) is 24.6. The molecule has 1 aromatic carbocycles. The molecule has 0 aliphatic rings. The second kappa shape index (κ2) is 20.2. The molecule has 234 valence electrons. The van der Waals surface area contributed by atoms with E-state index < -0.39 is 48.2 Å². The molecule has 1 rings (SSSR count). The van der Waals surface area contributed by atoms with Gasteiger partial charge in [-0.15, -0.1) is 0 Å². The molecule has 13 nitrogen and oxygen atoms in total. The minimum absolute atomic E-state index is 0.0000969. The molecule has 1 aromatic rings. The first-order valence-corrected chi connectivity index (χ1v) is 14.1. The molecule has 0 aliphatic carbocycles. The van der Waals surface area contributed by atoms with Gasteiger partial charge < -0.3 is 42.0 Å². The predicted molar refractivity (Wildman–Crippen MR) is 155 cm³/mol. The van der Waals surface area contributed by atoms with Crippen molar-refractivity contribution in [2.75, 3.05) is 13.2 Å². The lowest BCUT2D eigenvalue weighted by atomic mass is 10.00. The fourth-order valence-corrected chi connectivity index (χ4v) is 3.99. The number of carboxylic acid groups (broad SMARTS) is 1. The topological polar surface area (TPSA) is 212 Å². The highest BCUT2D eigenvalue weighted by Crippen LogP contribution is 2.14. The summed E-state index contributed by atoms with van der Waals surface area (Å²) < 4.78 is 10.7. The SMILES string of the molecule is CCOC(=O)C(CC(C)C)NC(=O)C(NC(=O)NC(CCCCN)C(=O)O)C(=C=O)CCC(N)OCc1ccccc1. The summed E-state index contributed by atoms with van der Waals surface area (Å²) in [6, 6.07) is 4.43. The van der Waals surface area contributed by atoms with Crippen LogP contribution in [-0.4, -0.2) is 72.4 Å². The van der Waals surface area contributed by atoms with E-state index in [0.29, 0.717) is 19.4 Å². The normalized spacial score (nSPS) is 13.7. The van der Waals surface area contributed by atoms with Gasteiger partial charge in [-0.05, 0) is 63.5 Å². The molecule has 0 aromatic heterocycles. The first kappa shape index (κ1) is 36.3. The van der Waals surface area contributed by atoms with Crippen LogP contribution in [0.2, 0.25) is 0 Å². The summed E-state index contributed by atoms with van der Waals surface area (Å²) in [4.78, 5) is 62.5. The minimum atomic E-state index is -1.58. The molecule has 8 N–H and O–H groups in total. The fourth-order valence-electron chi connectivity index (χ4n) is 3.99. The van der Waals surface area contributed by atoms with Crippen LogP contribution in [0.5, 0.6) is 0 Å². The number of hydrogen-bond acceptors (Lipinski definition) is 9. The van der Waals surface area contributed by atoms with E-state index >= 15 is 0 Å². The molecule has 0 heterocycles. The summed E-state index contributed by atoms with van der Waals surface area (Å²) in [7, 11) is 0. The van der Waals surface area contributed by atoms with E-state index in [0.717, 1.165) is 5.56 Å². The van der Waals surface area contributed by atoms with Crippen molar-refractivity contribution >= 4 is 29.8 Å². The van der Waals surface area contributed by atoms with Crippen LogP contribution in [0.15, 0.2) is 35.9 Å². The number of nitrogens with two attached hydrogens (primary N) is 2. The minimum Gasteiger partial charge on any atom is -0.480 e. The summed E-state index contributed by atoms with van der Waals surface area (Å²) >= 11 is 0. The maximum Gasteiger partial charge on any atom is 0.328 e. The number of rotatable bonds is 20. The largest absolute Gasteiger partial charge is 0.480 e. The molecular formula is C29H45N5O8. The number of unbranched alkanes of at least 4 members (excludes halogenated alkanes) is 1. The number of esters is 1. The van der Waals surface area contributed by atoms with Crippen LogP contribution in [0.4, 0.5) is 4.79 Å². The average molecular weight is 592 g/mol. The number of hydrogen-bond donors (Lipinski definition) is 6. The molecule has 0 saturated heterocycles. The van der Waals surface area contributed by atoms with Crippen LogP contribution in [0.3, 0.4) is 0 Å². The fraction of sp³-hybridized carbons (Fsp3) is 0.586. The molecule has 0 spiro atoms. The summed E-state index contributed by atoms with van der Waals surface area (Å²) in [5.74, 6) is -1.09. The number of ether oxygens (including phenoxy) is 2. The van der Waals surface area contributed by atoms with Crippen molar-refractivity contribution in [1.29, 1.82) is 0 Å². The number of benzene rings is 1. The Labute approximate surface area is 246 Å². The molecule has 4 atom stereocenters. The Morgan fingerprint density at radius 3 is 2.26 bits per heavy atom. The van der Waals surface area contributed by atoms with E-state index in [1.807, 2.05) is 44.2 Å². The third kappa shape index (κ3) is 14.2. The molecule has 0 aliphatic heterocycles. The van der Waals surface area contributed by atoms with Gasteiger partial charge in [0.05, 0.1) is 13.2 Å². The van der Waals surface area contributed by atoms with Crippen molar-refractivity contribution < 1.29 is 38.6 Å². The Bertz CT molecular complexity index is 1050. The number of amides is 3. The second-order valence-electron chi connectivity index (χ2n) is 10.2. The molecular weight excluding hydrogens is 546 g/mol. The van der Waals surface area contributed by atoms with Gasteiger partial charge >= 0.3 is 18.0 Å². The average Bonchev–Trinajstić information content (AvgIpc) is 2.95. The van der Waals surface area contributed by atoms with Gasteiger partial charge in [-0.1, -0.05) is 44.2 Å². The van der Waals surface area contributed by atoms with Crippen LogP contribution < -0.4 is 27.4 Å². The Kier molecular flexibility index (Phi) is 17.4. The summed E-state index contributed by atoms with van der Waals surface area (Å²) in [6.07, 6.45) is 0.588. The van der Waals surface area contributed by atoms with Crippen LogP contribution >= 0.6 is 0 Å². The molecule has 4 unspecified atom stereocenters. The van der Waals surface area contributed by atoms with Crippen molar-refractivity contribution in [3.8, 4) is 0 Å². The summed E-state index contributed by atoms with van der Waals surface area (Å²) in [6.45, 7) is 6.02. The third-order valence-electron chi connectivity index (χ3n) is 6.17. The number of urea groups is 1. The van der Waals surface area contributed by atoms with Crippen molar-refractivity contribution in [1.82, 2.24) is 16.0 Å². The van der Waals surface area contributed by atoms with Gasteiger partial charge in [0.1, 0.15) is 30.3 Å². The molecule has 0 bridgehead atoms. The van der Waals surface area contributed by atoms with Gasteiger partial charge in [-0.25, -0.2) is 19.2 Å². The van der Waals surface area contributed by atoms with Crippen molar-refractivity contribution in [2.45, 2.75) is 90.3 Å². The monoisotopic (exact) mass is 591 g/mol. The Morgan fingerprint density at radius 1 is 1.00 bits per heavy atom. The van der Waals surface area contributed by atoms with Crippen LogP contribution in [-0.2, 0) is 35.3 Å². The molecule has 42 heavy (non-hydrogen) atoms. The van der Waals surface area contributed by atoms with E-state index in [1.54, 1.807) is 12.9 Å². The molecule has 0 saturated carbocycles. The first-order chi connectivity index (χ1) is 20.0. The van der Waals surface area contributed by atoms with E-state index in [2.05, 4.69) is 16.0 Å². The number of carbonyl (C=O) groups is 4. The van der Waals surface area contributed by atoms with Crippen LogP contribution in [0.25, 0.3) is 0 Å². The first-order valence-electron chi connectivity index (χ1n) is 14.1. The molecule has 0 fully saturated rings. The van der Waals surface area contributed by atoms with Gasteiger partial charge in [-0.2, -0.15) is 0 Å². The van der Waals surface area contributed by atoms with Gasteiger partial charge in [0.2, 0.25) is 5.91 Å². The second-order valence-corrected chi connectivity index (χ2v) is 10.2. The van der Waals surface area contributed by atoms with Crippen LogP contribution in [0.1, 0.15) is 64.9 Å². The van der Waals surface area contributed by atoms with E-state index in [-0.39, 0.29) is 50.4 Å². The van der Waals surface area contributed by atoms with Crippen molar-refractivity contribution in [3.63, 3.8) is 0 Å². The van der Waals surface area contributed by atoms with Gasteiger partial charge in [0.15, 0.2) is 0 Å². The van der Waals surface area contributed by atoms with Gasteiger partial charge in [0.25, 0.3) is 0 Å². The molecule has 13 heteroatoms. The lowest BCUT2D eigenvalue weighted by Gasteiger charge is -2.25. The number of aliphatic carboxylic acids is 1. The number of nitrogens with one attached hydrogen (secondary N) is 3. The Hall–Kier alpha value is -3.77. The van der Waals surface area contributed by atoms with E-state index in [1.165, 1.54) is 0 Å². The van der Waals surface area contributed by atoms with E-state index in [4.69, 9.17) is 20.9 Å². The van der Waals surface area contributed by atoms with Gasteiger partial charge in [-0.3, -0.25) is 4.79 Å². The lowest BCUT2D eigenvalue weighted by molar-refractivity contribution is -0.148. The Balaban J connectivity index is 3.09. The zero-order chi connectivity index (χ0) is 31.5. The summed E-state index contributed by atoms with van der Waals surface area (Å²) in [5.41, 5.74) is 12.3. The quantitative estimate of drug-likeness (QED) is 0.0554. The highest BCUT2D eigenvalue weighted by molar-refractivity contribution is 5.94. The van der Waals surface area contributed by atoms with E-state index in [9.17, 15) is 29.1 Å². The Morgan fingerprint density at radius 2 is 1.69 bits per heavy atom. The zero-order valence-electron chi connectivity index (χ0n) is 24.6. The van der Waals surface area contributed by atoms with Crippen LogP contribution in [0, 0.1) is 5.92 Å². The maximum absolute atomic E-state index is 13.4.